The first-order valence-corrected chi connectivity index (χ1v) is 18.2. The van der Waals surface area contributed by atoms with Gasteiger partial charge in [0.25, 0.3) is 0 Å². The maximum atomic E-state index is 9.78. The maximum absolute atomic E-state index is 9.78. The summed E-state index contributed by atoms with van der Waals surface area (Å²) in [5.74, 6) is 0.940. The smallest absolute Gasteiger partial charge is 0.221 e. The van der Waals surface area contributed by atoms with Gasteiger partial charge in [0, 0.05) is 25.5 Å². The first kappa shape index (κ1) is 36.0. The zero-order valence-electron chi connectivity index (χ0n) is 24.6. The highest BCUT2D eigenvalue weighted by molar-refractivity contribution is 14.2. The number of rotatable bonds is 5. The molecule has 232 valence electrons. The van der Waals surface area contributed by atoms with Gasteiger partial charge in [0.15, 0.2) is 5.88 Å². The van der Waals surface area contributed by atoms with E-state index in [0.29, 0.717) is 43.2 Å². The number of aliphatic hydroxyl groups excluding tert-OH is 1. The van der Waals surface area contributed by atoms with Gasteiger partial charge in [-0.15, -0.1) is 0 Å². The van der Waals surface area contributed by atoms with Gasteiger partial charge in [-0.3, -0.25) is 14.9 Å². The minimum atomic E-state index is -0.309. The van der Waals surface area contributed by atoms with Crippen molar-refractivity contribution in [1.29, 1.82) is 0 Å². The predicted molar refractivity (Wildman–Crippen MR) is 187 cm³/mol. The summed E-state index contributed by atoms with van der Waals surface area (Å²) in [5, 5.41) is 20.2. The summed E-state index contributed by atoms with van der Waals surface area (Å²) < 4.78 is 15.9. The summed E-state index contributed by atoms with van der Waals surface area (Å²) >= 11 is 5.84. The molecule has 0 aromatic carbocycles. The standard InChI is InChI=1S/C26H36IN8O3P.CH4S.CH4/c1-7-37-25(28)18-8-9-20-19-10-21(29-11-23(19)35(32-20)39-27)24-17(4)31-34(6)26(24)38-16(3)12-33(5)13-22(18)30-15(2)14-36;1-2;/h8-11,15-16,36,39H,7,12-14,28H2,1-6H3;2H,1H3;1H4/b9-8+,25-18+,30-22?;;. The number of pyridine rings is 1. The van der Waals surface area contributed by atoms with E-state index in [0.717, 1.165) is 33.5 Å². The van der Waals surface area contributed by atoms with Gasteiger partial charge in [-0.05, 0) is 81.3 Å². The fourth-order valence-electron chi connectivity index (χ4n) is 4.63. The SMILES string of the molecule is C.CCO/C(N)=C1\C=C\c2nn(PI)c3cnc(cc23)-c2c(C)nn(C)c2OC(C)CN(C)CC1=NC(C)CO.CS. The Kier molecular flexibility index (Phi) is 14.2. The lowest BCUT2D eigenvalue weighted by molar-refractivity contribution is 0.159. The highest BCUT2D eigenvalue weighted by atomic mass is 127. The molecular weight excluding hydrogens is 686 g/mol. The number of nitrogens with zero attached hydrogens (tertiary/aromatic N) is 7. The number of fused-ring (bicyclic) bond motifs is 3. The van der Waals surface area contributed by atoms with Crippen LogP contribution in [0, 0.1) is 6.92 Å². The van der Waals surface area contributed by atoms with Crippen molar-refractivity contribution in [3.8, 4) is 17.1 Å². The molecule has 2 bridgehead atoms. The number of aliphatic hydroxyl groups is 1. The van der Waals surface area contributed by atoms with Crippen molar-refractivity contribution in [2.24, 2.45) is 17.8 Å². The van der Waals surface area contributed by atoms with Crippen LogP contribution in [0.25, 0.3) is 28.2 Å². The molecule has 0 radical (unpaired) electrons. The molecule has 3 atom stereocenters. The van der Waals surface area contributed by atoms with Crippen molar-refractivity contribution >= 4 is 63.7 Å². The number of hydrogen-bond acceptors (Lipinski definition) is 10. The average Bonchev–Trinajstić information content (AvgIpc) is 3.43. The first-order chi connectivity index (χ1) is 19.7. The molecular formula is C28H44IN8O3PS. The van der Waals surface area contributed by atoms with Crippen molar-refractivity contribution < 1.29 is 14.6 Å². The fourth-order valence-corrected chi connectivity index (χ4v) is 6.15. The van der Waals surface area contributed by atoms with Gasteiger partial charge in [0.05, 0.1) is 71.3 Å². The molecule has 4 rings (SSSR count). The van der Waals surface area contributed by atoms with Crippen molar-refractivity contribution in [3.05, 3.63) is 41.2 Å². The van der Waals surface area contributed by atoms with E-state index in [2.05, 4.69) is 44.7 Å². The predicted octanol–water partition coefficient (Wildman–Crippen LogP) is 4.87. The lowest BCUT2D eigenvalue weighted by Crippen LogP contribution is -2.36. The molecule has 42 heavy (non-hydrogen) atoms. The van der Waals surface area contributed by atoms with Crippen LogP contribution < -0.4 is 10.5 Å². The molecule has 0 amide bonds. The number of nitrogens with two attached hydrogens (primary N) is 1. The van der Waals surface area contributed by atoms with E-state index >= 15 is 0 Å². The van der Waals surface area contributed by atoms with Gasteiger partial charge >= 0.3 is 0 Å². The van der Waals surface area contributed by atoms with Gasteiger partial charge in [0.1, 0.15) is 6.10 Å². The Morgan fingerprint density at radius 1 is 1.33 bits per heavy atom. The molecule has 0 aliphatic carbocycles. The summed E-state index contributed by atoms with van der Waals surface area (Å²) in [5.41, 5.74) is 12.0. The Hall–Kier alpha value is -2.19. The quantitative estimate of drug-likeness (QED) is 0.147. The van der Waals surface area contributed by atoms with Crippen molar-refractivity contribution in [2.75, 3.05) is 39.6 Å². The highest BCUT2D eigenvalue weighted by Gasteiger charge is 2.23. The van der Waals surface area contributed by atoms with Gasteiger partial charge in [0.2, 0.25) is 5.88 Å². The van der Waals surface area contributed by atoms with Crippen LogP contribution in [0.3, 0.4) is 0 Å². The fraction of sp³-hybridized carbons (Fsp3) is 0.500. The lowest BCUT2D eigenvalue weighted by atomic mass is 10.1. The van der Waals surface area contributed by atoms with Gasteiger partial charge < -0.3 is 20.3 Å². The number of aryl methyl sites for hydroxylation is 2. The third-order valence-corrected chi connectivity index (χ3v) is 8.20. The number of halogens is 1. The van der Waals surface area contributed by atoms with Crippen molar-refractivity contribution in [1.82, 2.24) is 29.2 Å². The molecule has 0 saturated carbocycles. The van der Waals surface area contributed by atoms with Crippen LogP contribution in [0.15, 0.2) is 34.8 Å². The Bertz CT molecular complexity index is 1440. The lowest BCUT2D eigenvalue weighted by Gasteiger charge is -2.24. The summed E-state index contributed by atoms with van der Waals surface area (Å²) in [6.07, 6.45) is 7.63. The van der Waals surface area contributed by atoms with Gasteiger partial charge in [-0.1, -0.05) is 7.43 Å². The Morgan fingerprint density at radius 2 is 2.05 bits per heavy atom. The van der Waals surface area contributed by atoms with E-state index < -0.39 is 0 Å². The molecule has 3 aromatic heterocycles. The zero-order valence-corrected chi connectivity index (χ0v) is 28.6. The molecule has 11 nitrogen and oxygen atoms in total. The van der Waals surface area contributed by atoms with Crippen LogP contribution in [0.1, 0.15) is 39.6 Å². The highest BCUT2D eigenvalue weighted by Crippen LogP contribution is 2.37. The normalized spacial score (nSPS) is 19.8. The van der Waals surface area contributed by atoms with E-state index in [1.807, 2.05) is 70.7 Å². The second-order valence-electron chi connectivity index (χ2n) is 9.63. The van der Waals surface area contributed by atoms with Gasteiger partial charge in [-0.2, -0.15) is 22.8 Å². The number of allylic oxidation sites excluding steroid dienone is 1. The van der Waals surface area contributed by atoms with E-state index in [1.54, 1.807) is 10.9 Å². The number of thiol groups is 1. The summed E-state index contributed by atoms with van der Waals surface area (Å²) in [6, 6.07) is 1.73. The van der Waals surface area contributed by atoms with E-state index in [1.165, 1.54) is 0 Å². The van der Waals surface area contributed by atoms with E-state index in [9.17, 15) is 5.11 Å². The average molecular weight is 731 g/mol. The minimum absolute atomic E-state index is 0. The first-order valence-electron chi connectivity index (χ1n) is 13.2. The Morgan fingerprint density at radius 3 is 2.69 bits per heavy atom. The maximum Gasteiger partial charge on any atom is 0.221 e. The molecule has 0 fully saturated rings. The summed E-state index contributed by atoms with van der Waals surface area (Å²) in [4.78, 5) is 11.7. The van der Waals surface area contributed by atoms with Crippen LogP contribution >= 0.6 is 41.0 Å². The summed E-state index contributed by atoms with van der Waals surface area (Å²) in [7, 11) is 3.88. The second-order valence-corrected chi connectivity index (χ2v) is 11.7. The largest absolute Gasteiger partial charge is 0.479 e. The molecule has 3 aromatic rings. The Balaban J connectivity index is 0.00000201. The third-order valence-electron chi connectivity index (χ3n) is 6.33. The van der Waals surface area contributed by atoms with Crippen molar-refractivity contribution in [2.45, 2.75) is 47.3 Å². The number of hydrogen-bond donors (Lipinski definition) is 3. The molecule has 0 saturated heterocycles. The number of likely N-dealkylation sites (N-methyl/N-ethyl adjacent to an activating group) is 1. The van der Waals surface area contributed by atoms with E-state index in [4.69, 9.17) is 30.3 Å². The van der Waals surface area contributed by atoms with Crippen LogP contribution in [0.2, 0.25) is 0 Å². The molecule has 3 unspecified atom stereocenters. The van der Waals surface area contributed by atoms with Crippen LogP contribution in [-0.4, -0.2) is 91.8 Å². The molecule has 1 aliphatic heterocycles. The second kappa shape index (κ2) is 16.6. The van der Waals surface area contributed by atoms with E-state index in [-0.39, 0.29) is 32.1 Å². The monoisotopic (exact) mass is 730 g/mol. The molecule has 3 N–H and O–H groups in total. The van der Waals surface area contributed by atoms with Crippen LogP contribution in [-0.2, 0) is 11.8 Å². The summed E-state index contributed by atoms with van der Waals surface area (Å²) in [6.45, 7) is 9.16. The molecule has 4 heterocycles. The number of aliphatic imine (C=N–C) groups is 1. The number of ether oxygens (including phenoxy) is 2. The topological polar surface area (TPSA) is 129 Å². The van der Waals surface area contributed by atoms with Crippen LogP contribution in [0.4, 0.5) is 0 Å². The number of aromatic nitrogens is 5. The van der Waals surface area contributed by atoms with Crippen molar-refractivity contribution in [3.63, 3.8) is 0 Å². The van der Waals surface area contributed by atoms with Gasteiger partial charge in [-0.25, -0.2) is 9.13 Å². The zero-order chi connectivity index (χ0) is 30.3. The molecule has 1 aliphatic rings. The Labute approximate surface area is 269 Å². The van der Waals surface area contributed by atoms with Crippen LogP contribution in [0.5, 0.6) is 5.88 Å². The third kappa shape index (κ3) is 8.25. The molecule has 0 spiro atoms. The molecule has 14 heteroatoms. The minimum Gasteiger partial charge on any atom is -0.479 e.